The summed E-state index contributed by atoms with van der Waals surface area (Å²) in [6.07, 6.45) is 6.22. The van der Waals surface area contributed by atoms with Gasteiger partial charge in [0.2, 0.25) is 22.9 Å². The third kappa shape index (κ3) is 2.37. The smallest absolute Gasteiger partial charge is 0.233 e. The molecule has 0 spiro atoms. The highest BCUT2D eigenvalue weighted by Crippen LogP contribution is 2.49. The molecule has 23 heavy (non-hydrogen) atoms. The van der Waals surface area contributed by atoms with Gasteiger partial charge in [0, 0.05) is 13.0 Å². The molecule has 8 heteroatoms. The number of allylic oxidation sites excluding steroid dienone is 2. The highest BCUT2D eigenvalue weighted by atomic mass is 32.1. The van der Waals surface area contributed by atoms with Gasteiger partial charge >= 0.3 is 0 Å². The van der Waals surface area contributed by atoms with Crippen molar-refractivity contribution in [3.63, 3.8) is 0 Å². The lowest BCUT2D eigenvalue weighted by Gasteiger charge is -2.38. The van der Waals surface area contributed by atoms with E-state index in [1.54, 1.807) is 0 Å². The molecule has 0 aromatic carbocycles. The third-order valence-corrected chi connectivity index (χ3v) is 5.63. The molecule has 7 nitrogen and oxygen atoms in total. The predicted molar refractivity (Wildman–Crippen MR) is 82.2 cm³/mol. The normalized spacial score (nSPS) is 31.6. The Morgan fingerprint density at radius 2 is 1.87 bits per heavy atom. The maximum atomic E-state index is 12.6. The van der Waals surface area contributed by atoms with Crippen LogP contribution in [0.25, 0.3) is 0 Å². The van der Waals surface area contributed by atoms with Crippen LogP contribution in [0.1, 0.15) is 19.3 Å². The first-order chi connectivity index (χ1) is 11.1. The van der Waals surface area contributed by atoms with E-state index in [1.807, 2.05) is 0 Å². The van der Waals surface area contributed by atoms with Crippen LogP contribution in [0.5, 0.6) is 0 Å². The molecule has 1 aromatic heterocycles. The fraction of sp³-hybridized carbons (Fsp3) is 0.533. The zero-order chi connectivity index (χ0) is 16.0. The lowest BCUT2D eigenvalue weighted by molar-refractivity contribution is -0.140. The van der Waals surface area contributed by atoms with Crippen LogP contribution >= 0.6 is 11.3 Å². The summed E-state index contributed by atoms with van der Waals surface area (Å²) in [6, 6.07) is 0. The number of hydrogen-bond donors (Lipinski definition) is 1. The number of nitrogens with zero attached hydrogens (tertiary/aromatic N) is 3. The first-order valence-electron chi connectivity index (χ1n) is 7.74. The summed E-state index contributed by atoms with van der Waals surface area (Å²) in [7, 11) is 0. The second kappa shape index (κ2) is 5.52. The molecule has 2 bridgehead atoms. The fourth-order valence-electron chi connectivity index (χ4n) is 3.98. The number of fused-ring (bicyclic) bond motifs is 1. The minimum Gasteiger partial charge on any atom is -0.300 e. The fourth-order valence-corrected chi connectivity index (χ4v) is 4.44. The summed E-state index contributed by atoms with van der Waals surface area (Å²) in [5.74, 6) is -0.540. The number of rotatable bonds is 4. The number of amides is 3. The molecule has 1 saturated heterocycles. The minimum atomic E-state index is -0.265. The minimum absolute atomic E-state index is 0.0826. The zero-order valence-electron chi connectivity index (χ0n) is 12.3. The number of imide groups is 1. The number of anilines is 1. The van der Waals surface area contributed by atoms with Gasteiger partial charge in [-0.15, -0.1) is 10.2 Å². The van der Waals surface area contributed by atoms with Gasteiger partial charge in [-0.05, 0) is 24.7 Å². The van der Waals surface area contributed by atoms with Gasteiger partial charge in [-0.3, -0.25) is 19.3 Å². The SMILES string of the molecule is O=C(CCN1C(=O)[C@@H]2[C@H](C1=O)[C@H]1C=C[C@H]2CC1)Nc1nncs1. The van der Waals surface area contributed by atoms with Gasteiger partial charge in [-0.2, -0.15) is 0 Å². The average molecular weight is 332 g/mol. The van der Waals surface area contributed by atoms with Gasteiger partial charge in [0.1, 0.15) is 5.51 Å². The summed E-state index contributed by atoms with van der Waals surface area (Å²) in [6.45, 7) is 0.134. The molecular weight excluding hydrogens is 316 g/mol. The van der Waals surface area contributed by atoms with Gasteiger partial charge in [-0.25, -0.2) is 0 Å². The van der Waals surface area contributed by atoms with Crippen molar-refractivity contribution in [2.24, 2.45) is 23.7 Å². The van der Waals surface area contributed by atoms with Crippen molar-refractivity contribution < 1.29 is 14.4 Å². The van der Waals surface area contributed by atoms with Crippen molar-refractivity contribution in [2.45, 2.75) is 19.3 Å². The van der Waals surface area contributed by atoms with Crippen molar-refractivity contribution in [1.29, 1.82) is 0 Å². The zero-order valence-corrected chi connectivity index (χ0v) is 13.2. The van der Waals surface area contributed by atoms with Crippen molar-refractivity contribution in [3.05, 3.63) is 17.7 Å². The second-order valence-electron chi connectivity index (χ2n) is 6.21. The van der Waals surface area contributed by atoms with Crippen LogP contribution in [0.3, 0.4) is 0 Å². The summed E-state index contributed by atoms with van der Waals surface area (Å²) in [5.41, 5.74) is 1.52. The summed E-state index contributed by atoms with van der Waals surface area (Å²) in [5, 5.41) is 10.4. The van der Waals surface area contributed by atoms with Crippen LogP contribution < -0.4 is 5.32 Å². The second-order valence-corrected chi connectivity index (χ2v) is 7.04. The van der Waals surface area contributed by atoms with E-state index >= 15 is 0 Å². The number of aromatic nitrogens is 2. The van der Waals surface area contributed by atoms with E-state index in [2.05, 4.69) is 27.7 Å². The number of carbonyl (C=O) groups excluding carboxylic acids is 3. The largest absolute Gasteiger partial charge is 0.300 e. The Balaban J connectivity index is 1.41. The molecule has 2 heterocycles. The van der Waals surface area contributed by atoms with E-state index in [4.69, 9.17) is 0 Å². The van der Waals surface area contributed by atoms with E-state index in [0.717, 1.165) is 12.8 Å². The molecule has 5 rings (SSSR count). The van der Waals surface area contributed by atoms with Crippen LogP contribution in [-0.2, 0) is 14.4 Å². The molecule has 0 unspecified atom stereocenters. The predicted octanol–water partition coefficient (Wildman–Crippen LogP) is 1.06. The topological polar surface area (TPSA) is 92.3 Å². The third-order valence-electron chi connectivity index (χ3n) is 5.02. The molecule has 2 fully saturated rings. The summed E-state index contributed by atoms with van der Waals surface area (Å²) in [4.78, 5) is 38.4. The van der Waals surface area contributed by atoms with Crippen molar-refractivity contribution in [3.8, 4) is 0 Å². The van der Waals surface area contributed by atoms with Gasteiger partial charge in [0.05, 0.1) is 11.8 Å². The standard InChI is InChI=1S/C15H16N4O3S/c20-10(17-15-18-16-7-23-15)5-6-19-13(21)11-8-1-2-9(4-3-8)12(11)14(19)22/h1-2,7-9,11-12H,3-6H2,(H,17,18,20)/t8-,9-,11-,12+/m0/s1. The number of likely N-dealkylation sites (tertiary alicyclic amines) is 1. The van der Waals surface area contributed by atoms with Crippen LogP contribution in [0, 0.1) is 23.7 Å². The van der Waals surface area contributed by atoms with Gasteiger partial charge < -0.3 is 5.32 Å². The highest BCUT2D eigenvalue weighted by Gasteiger charge is 2.56. The van der Waals surface area contributed by atoms with E-state index < -0.39 is 0 Å². The average Bonchev–Trinajstić information content (AvgIpc) is 3.16. The van der Waals surface area contributed by atoms with E-state index in [9.17, 15) is 14.4 Å². The van der Waals surface area contributed by atoms with Gasteiger partial charge in [0.15, 0.2) is 0 Å². The molecule has 4 aliphatic rings. The maximum absolute atomic E-state index is 12.6. The highest BCUT2D eigenvalue weighted by molar-refractivity contribution is 7.13. The number of carbonyl (C=O) groups is 3. The molecule has 3 aliphatic carbocycles. The molecule has 3 amide bonds. The Labute approximate surface area is 136 Å². The van der Waals surface area contributed by atoms with Gasteiger partial charge in [-0.1, -0.05) is 23.5 Å². The van der Waals surface area contributed by atoms with E-state index in [1.165, 1.54) is 21.7 Å². The first-order valence-corrected chi connectivity index (χ1v) is 8.62. The number of hydrogen-bond acceptors (Lipinski definition) is 6. The van der Waals surface area contributed by atoms with Crippen LogP contribution in [0.2, 0.25) is 0 Å². The molecule has 0 radical (unpaired) electrons. The Bertz CT molecular complexity index is 655. The first kappa shape index (κ1) is 14.5. The Kier molecular flexibility index (Phi) is 3.48. The lowest BCUT2D eigenvalue weighted by atomic mass is 9.63. The molecule has 4 atom stereocenters. The Morgan fingerprint density at radius 1 is 1.22 bits per heavy atom. The summed E-state index contributed by atoms with van der Waals surface area (Å²) < 4.78 is 0. The van der Waals surface area contributed by atoms with E-state index in [-0.39, 0.29) is 54.4 Å². The molecule has 1 aromatic rings. The van der Waals surface area contributed by atoms with Gasteiger partial charge in [0.25, 0.3) is 0 Å². The Morgan fingerprint density at radius 3 is 2.39 bits per heavy atom. The monoisotopic (exact) mass is 332 g/mol. The van der Waals surface area contributed by atoms with Crippen molar-refractivity contribution in [1.82, 2.24) is 15.1 Å². The van der Waals surface area contributed by atoms with Crippen LogP contribution in [0.4, 0.5) is 5.13 Å². The lowest BCUT2D eigenvalue weighted by Crippen LogP contribution is -2.38. The van der Waals surface area contributed by atoms with Crippen LogP contribution in [0.15, 0.2) is 17.7 Å². The molecule has 1 aliphatic heterocycles. The maximum Gasteiger partial charge on any atom is 0.233 e. The number of nitrogens with one attached hydrogen (secondary N) is 1. The molecular formula is C15H16N4O3S. The van der Waals surface area contributed by atoms with Crippen molar-refractivity contribution >= 4 is 34.2 Å². The Hall–Kier alpha value is -2.09. The quantitative estimate of drug-likeness (QED) is 0.657. The molecule has 120 valence electrons. The van der Waals surface area contributed by atoms with E-state index in [0.29, 0.717) is 5.13 Å². The van der Waals surface area contributed by atoms with Crippen molar-refractivity contribution in [2.75, 3.05) is 11.9 Å². The van der Waals surface area contributed by atoms with Crippen LogP contribution in [-0.4, -0.2) is 39.4 Å². The molecule has 1 N–H and O–H groups in total. The molecule has 1 saturated carbocycles. The summed E-state index contributed by atoms with van der Waals surface area (Å²) >= 11 is 1.23.